The molecule has 1 aliphatic heterocycles. The number of aliphatic hydroxyl groups is 1. The molecule has 3 rings (SSSR count). The summed E-state index contributed by atoms with van der Waals surface area (Å²) in [6.45, 7) is 4.11. The van der Waals surface area contributed by atoms with E-state index in [1.807, 2.05) is 12.1 Å². The van der Waals surface area contributed by atoms with Gasteiger partial charge in [0.05, 0.1) is 6.10 Å². The zero-order chi connectivity index (χ0) is 11.3. The molecular weight excluding hydrogens is 222 g/mol. The second kappa shape index (κ2) is 3.51. The van der Waals surface area contributed by atoms with Crippen LogP contribution in [0.3, 0.4) is 0 Å². The second-order valence-electron chi connectivity index (χ2n) is 4.67. The predicted molar refractivity (Wildman–Crippen MR) is 65.8 cm³/mol. The van der Waals surface area contributed by atoms with Gasteiger partial charge in [0.15, 0.2) is 0 Å². The van der Waals surface area contributed by atoms with Crippen molar-refractivity contribution >= 4 is 17.3 Å². The summed E-state index contributed by atoms with van der Waals surface area (Å²) in [5.74, 6) is 0. The highest BCUT2D eigenvalue weighted by Gasteiger charge is 2.37. The molecule has 0 radical (unpaired) electrons. The summed E-state index contributed by atoms with van der Waals surface area (Å²) in [6.07, 6.45) is 2.44. The number of hydrogen-bond donors (Lipinski definition) is 1. The van der Waals surface area contributed by atoms with E-state index >= 15 is 0 Å². The molecule has 0 amide bonds. The van der Waals surface area contributed by atoms with E-state index in [2.05, 4.69) is 17.5 Å². The Labute approximate surface area is 100 Å². The lowest BCUT2D eigenvalue weighted by atomic mass is 9.88. The molecule has 1 aromatic carbocycles. The van der Waals surface area contributed by atoms with Crippen LogP contribution in [-0.2, 0) is 6.42 Å². The summed E-state index contributed by atoms with van der Waals surface area (Å²) in [5, 5.41) is 10.2. The molecule has 1 N–H and O–H groups in total. The van der Waals surface area contributed by atoms with Gasteiger partial charge >= 0.3 is 0 Å². The maximum atomic E-state index is 9.38. The average molecular weight is 236 g/mol. The third-order valence-corrected chi connectivity index (χ3v) is 3.72. The van der Waals surface area contributed by atoms with Crippen molar-refractivity contribution in [1.82, 2.24) is 0 Å². The summed E-state index contributed by atoms with van der Waals surface area (Å²) in [7, 11) is 0. The minimum absolute atomic E-state index is 0.130. The number of benzene rings is 1. The van der Waals surface area contributed by atoms with Gasteiger partial charge in [-0.3, -0.25) is 0 Å². The maximum Gasteiger partial charge on any atom is 0.0579 e. The Morgan fingerprint density at radius 2 is 2.12 bits per heavy atom. The van der Waals surface area contributed by atoms with Crippen molar-refractivity contribution in [2.45, 2.75) is 31.4 Å². The van der Waals surface area contributed by atoms with Crippen molar-refractivity contribution in [3.63, 3.8) is 0 Å². The van der Waals surface area contributed by atoms with Crippen LogP contribution in [0.5, 0.6) is 0 Å². The molecule has 0 spiro atoms. The molecular formula is C13H14ClNO. The van der Waals surface area contributed by atoms with Crippen LogP contribution in [-0.4, -0.2) is 17.3 Å². The lowest BCUT2D eigenvalue weighted by molar-refractivity contribution is 0.0759. The van der Waals surface area contributed by atoms with Gasteiger partial charge in [-0.15, -0.1) is 0 Å². The number of halogens is 1. The van der Waals surface area contributed by atoms with Crippen LogP contribution in [0, 0.1) is 0 Å². The quantitative estimate of drug-likeness (QED) is 0.809. The van der Waals surface area contributed by atoms with Crippen molar-refractivity contribution in [2.24, 2.45) is 0 Å². The molecule has 0 saturated heterocycles. The lowest BCUT2D eigenvalue weighted by Gasteiger charge is -2.40. The fourth-order valence-electron chi connectivity index (χ4n) is 2.63. The summed E-state index contributed by atoms with van der Waals surface area (Å²) >= 11 is 5.98. The van der Waals surface area contributed by atoms with Crippen LogP contribution >= 0.6 is 11.6 Å². The Bertz CT molecular complexity index is 451. The molecule has 2 aliphatic rings. The van der Waals surface area contributed by atoms with E-state index < -0.39 is 0 Å². The van der Waals surface area contributed by atoms with Gasteiger partial charge in [0.25, 0.3) is 0 Å². The number of hydrogen-bond acceptors (Lipinski definition) is 2. The number of fused-ring (bicyclic) bond motifs is 1. The Hall–Kier alpha value is -0.990. The van der Waals surface area contributed by atoms with Crippen molar-refractivity contribution in [3.05, 3.63) is 41.1 Å². The molecule has 0 bridgehead atoms. The van der Waals surface area contributed by atoms with Crippen molar-refractivity contribution in [2.75, 3.05) is 4.90 Å². The first-order valence-corrected chi connectivity index (χ1v) is 5.96. The molecule has 1 saturated carbocycles. The number of nitrogens with zero attached hydrogens (tertiary/aromatic N) is 1. The highest BCUT2D eigenvalue weighted by atomic mass is 35.5. The minimum Gasteiger partial charge on any atom is -0.393 e. The molecule has 1 aliphatic carbocycles. The Kier molecular flexibility index (Phi) is 2.23. The highest BCUT2D eigenvalue weighted by Crippen LogP contribution is 2.41. The molecule has 0 unspecified atom stereocenters. The van der Waals surface area contributed by atoms with Crippen molar-refractivity contribution in [3.8, 4) is 0 Å². The van der Waals surface area contributed by atoms with Gasteiger partial charge in [0.1, 0.15) is 0 Å². The molecule has 2 nitrogen and oxygen atoms in total. The topological polar surface area (TPSA) is 23.5 Å². The van der Waals surface area contributed by atoms with Crippen molar-refractivity contribution < 1.29 is 5.11 Å². The smallest absolute Gasteiger partial charge is 0.0579 e. The van der Waals surface area contributed by atoms with E-state index in [9.17, 15) is 5.11 Å². The summed E-state index contributed by atoms with van der Waals surface area (Å²) in [5.41, 5.74) is 3.58. The molecule has 0 atom stereocenters. The van der Waals surface area contributed by atoms with Gasteiger partial charge in [-0.1, -0.05) is 18.2 Å². The van der Waals surface area contributed by atoms with Gasteiger partial charge in [-0.05, 0) is 36.6 Å². The number of anilines is 1. The van der Waals surface area contributed by atoms with E-state index in [1.54, 1.807) is 0 Å². The standard InChI is InChI=1S/C13H14ClNO/c1-8-4-9-5-10(14)2-3-13(9)15(8)11-6-12(16)7-11/h2-3,5,11-12,16H,1,4,6-7H2. The fraction of sp³-hybridized carbons (Fsp3) is 0.385. The lowest BCUT2D eigenvalue weighted by Crippen LogP contribution is -2.45. The zero-order valence-corrected chi connectivity index (χ0v) is 9.74. The average Bonchev–Trinajstić information content (AvgIpc) is 2.48. The molecule has 1 aromatic rings. The first kappa shape index (κ1) is 10.2. The molecule has 1 fully saturated rings. The molecule has 3 heteroatoms. The van der Waals surface area contributed by atoms with E-state index in [0.717, 1.165) is 30.0 Å². The van der Waals surface area contributed by atoms with Crippen molar-refractivity contribution in [1.29, 1.82) is 0 Å². The van der Waals surface area contributed by atoms with Crippen LogP contribution in [0.25, 0.3) is 0 Å². The van der Waals surface area contributed by atoms with Gasteiger partial charge in [-0.2, -0.15) is 0 Å². The Morgan fingerprint density at radius 3 is 2.81 bits per heavy atom. The third-order valence-electron chi connectivity index (χ3n) is 3.49. The second-order valence-corrected chi connectivity index (χ2v) is 5.10. The van der Waals surface area contributed by atoms with Gasteiger partial charge in [-0.25, -0.2) is 0 Å². The molecule has 16 heavy (non-hydrogen) atoms. The van der Waals surface area contributed by atoms with Gasteiger partial charge in [0, 0.05) is 28.9 Å². The largest absolute Gasteiger partial charge is 0.393 e. The third kappa shape index (κ3) is 1.45. The summed E-state index contributed by atoms with van der Waals surface area (Å²) < 4.78 is 0. The number of aliphatic hydroxyl groups excluding tert-OH is 1. The Morgan fingerprint density at radius 1 is 1.38 bits per heavy atom. The number of rotatable bonds is 1. The summed E-state index contributed by atoms with van der Waals surface area (Å²) in [6, 6.07) is 6.41. The van der Waals surface area contributed by atoms with Crippen LogP contribution in [0.4, 0.5) is 5.69 Å². The first-order valence-electron chi connectivity index (χ1n) is 5.58. The van der Waals surface area contributed by atoms with E-state index in [4.69, 9.17) is 11.6 Å². The number of allylic oxidation sites excluding steroid dienone is 1. The zero-order valence-electron chi connectivity index (χ0n) is 8.99. The molecule has 0 aromatic heterocycles. The molecule has 84 valence electrons. The SMILES string of the molecule is C=C1Cc2cc(Cl)ccc2N1C1CC(O)C1. The van der Waals surface area contributed by atoms with Crippen LogP contribution in [0.2, 0.25) is 5.02 Å². The van der Waals surface area contributed by atoms with Crippen LogP contribution in [0.1, 0.15) is 18.4 Å². The van der Waals surface area contributed by atoms with Crippen LogP contribution < -0.4 is 4.90 Å². The normalized spacial score (nSPS) is 27.9. The van der Waals surface area contributed by atoms with E-state index in [1.165, 1.54) is 11.3 Å². The minimum atomic E-state index is -0.130. The van der Waals surface area contributed by atoms with Gasteiger partial charge in [0.2, 0.25) is 0 Å². The van der Waals surface area contributed by atoms with E-state index in [-0.39, 0.29) is 6.10 Å². The van der Waals surface area contributed by atoms with Gasteiger partial charge < -0.3 is 10.0 Å². The Balaban J connectivity index is 1.94. The highest BCUT2D eigenvalue weighted by molar-refractivity contribution is 6.30. The van der Waals surface area contributed by atoms with Crippen LogP contribution in [0.15, 0.2) is 30.5 Å². The maximum absolute atomic E-state index is 9.38. The predicted octanol–water partition coefficient (Wildman–Crippen LogP) is 2.74. The summed E-state index contributed by atoms with van der Waals surface area (Å²) in [4.78, 5) is 2.26. The first-order chi connectivity index (χ1) is 7.65. The molecule has 1 heterocycles. The van der Waals surface area contributed by atoms with E-state index in [0.29, 0.717) is 6.04 Å². The monoisotopic (exact) mass is 235 g/mol. The fourth-order valence-corrected chi connectivity index (χ4v) is 2.83.